The number of sulfonamides is 1. The third kappa shape index (κ3) is 5.81. The van der Waals surface area contributed by atoms with Gasteiger partial charge in [-0.25, -0.2) is 8.42 Å². The SMILES string of the molecule is Cc1ccc(NS(=O)(=O)c2ccc(C(=O)Nc3ccc(NC(=O)C4CCCO4)cc3)cc2)cc1. The molecule has 1 saturated heterocycles. The molecule has 8 nitrogen and oxygen atoms in total. The van der Waals surface area contributed by atoms with Crippen molar-refractivity contribution in [2.75, 3.05) is 22.0 Å². The van der Waals surface area contributed by atoms with E-state index in [0.29, 0.717) is 35.7 Å². The minimum atomic E-state index is -3.77. The van der Waals surface area contributed by atoms with Crippen molar-refractivity contribution in [3.8, 4) is 0 Å². The van der Waals surface area contributed by atoms with Gasteiger partial charge >= 0.3 is 0 Å². The van der Waals surface area contributed by atoms with Crippen LogP contribution in [0.25, 0.3) is 0 Å². The van der Waals surface area contributed by atoms with E-state index in [9.17, 15) is 18.0 Å². The van der Waals surface area contributed by atoms with Crippen LogP contribution in [0.3, 0.4) is 0 Å². The van der Waals surface area contributed by atoms with Gasteiger partial charge in [-0.2, -0.15) is 0 Å². The van der Waals surface area contributed by atoms with Gasteiger partial charge < -0.3 is 15.4 Å². The number of aryl methyl sites for hydroxylation is 1. The van der Waals surface area contributed by atoms with E-state index >= 15 is 0 Å². The molecule has 1 unspecified atom stereocenters. The van der Waals surface area contributed by atoms with Gasteiger partial charge in [0.2, 0.25) is 0 Å². The van der Waals surface area contributed by atoms with Crippen molar-refractivity contribution in [3.05, 3.63) is 83.9 Å². The number of hydrogen-bond donors (Lipinski definition) is 3. The first-order valence-electron chi connectivity index (χ1n) is 10.8. The lowest BCUT2D eigenvalue weighted by atomic mass is 10.2. The number of carbonyl (C=O) groups excluding carboxylic acids is 2. The van der Waals surface area contributed by atoms with Gasteiger partial charge in [-0.15, -0.1) is 0 Å². The Bertz CT molecular complexity index is 1270. The first-order valence-corrected chi connectivity index (χ1v) is 12.3. The zero-order valence-corrected chi connectivity index (χ0v) is 19.4. The number of carbonyl (C=O) groups is 2. The fourth-order valence-electron chi connectivity index (χ4n) is 3.47. The van der Waals surface area contributed by atoms with E-state index in [1.807, 2.05) is 19.1 Å². The summed E-state index contributed by atoms with van der Waals surface area (Å²) in [4.78, 5) is 24.7. The van der Waals surface area contributed by atoms with Crippen molar-refractivity contribution in [1.29, 1.82) is 0 Å². The van der Waals surface area contributed by atoms with E-state index in [0.717, 1.165) is 12.0 Å². The van der Waals surface area contributed by atoms with Crippen LogP contribution in [0.15, 0.2) is 77.7 Å². The molecule has 0 bridgehead atoms. The fourth-order valence-corrected chi connectivity index (χ4v) is 4.53. The summed E-state index contributed by atoms with van der Waals surface area (Å²) in [5, 5.41) is 5.55. The summed E-state index contributed by atoms with van der Waals surface area (Å²) < 4.78 is 33.1. The van der Waals surface area contributed by atoms with E-state index in [-0.39, 0.29) is 16.7 Å². The molecule has 0 saturated carbocycles. The lowest BCUT2D eigenvalue weighted by Gasteiger charge is -2.11. The minimum Gasteiger partial charge on any atom is -0.368 e. The van der Waals surface area contributed by atoms with Crippen LogP contribution >= 0.6 is 0 Å². The average molecular weight is 480 g/mol. The van der Waals surface area contributed by atoms with Crippen LogP contribution in [-0.4, -0.2) is 32.9 Å². The Morgan fingerprint density at radius 2 is 1.41 bits per heavy atom. The van der Waals surface area contributed by atoms with Gasteiger partial charge in [-0.1, -0.05) is 17.7 Å². The van der Waals surface area contributed by atoms with Gasteiger partial charge in [-0.3, -0.25) is 14.3 Å². The highest BCUT2D eigenvalue weighted by Gasteiger charge is 2.23. The third-order valence-corrected chi connectivity index (χ3v) is 6.76. The Morgan fingerprint density at radius 1 is 0.824 bits per heavy atom. The number of nitrogens with one attached hydrogen (secondary N) is 3. The lowest BCUT2D eigenvalue weighted by Crippen LogP contribution is -2.26. The Hall–Kier alpha value is -3.69. The van der Waals surface area contributed by atoms with Crippen LogP contribution in [0.1, 0.15) is 28.8 Å². The normalized spacial score (nSPS) is 15.5. The molecule has 176 valence electrons. The zero-order chi connectivity index (χ0) is 24.1. The molecule has 0 spiro atoms. The quantitative estimate of drug-likeness (QED) is 0.471. The Balaban J connectivity index is 1.36. The molecule has 34 heavy (non-hydrogen) atoms. The predicted molar refractivity (Wildman–Crippen MR) is 130 cm³/mol. The molecule has 4 rings (SSSR count). The second-order valence-electron chi connectivity index (χ2n) is 8.02. The summed E-state index contributed by atoms with van der Waals surface area (Å²) in [6.07, 6.45) is 1.17. The van der Waals surface area contributed by atoms with Crippen LogP contribution in [0.2, 0.25) is 0 Å². The molecule has 0 aromatic heterocycles. The van der Waals surface area contributed by atoms with E-state index in [4.69, 9.17) is 4.74 Å². The Labute approximate surface area is 198 Å². The first-order chi connectivity index (χ1) is 16.3. The summed E-state index contributed by atoms with van der Waals surface area (Å²) in [6, 6.07) is 19.4. The minimum absolute atomic E-state index is 0.0518. The highest BCUT2D eigenvalue weighted by Crippen LogP contribution is 2.20. The van der Waals surface area contributed by atoms with Crippen molar-refractivity contribution >= 4 is 38.9 Å². The summed E-state index contributed by atoms with van der Waals surface area (Å²) in [6.45, 7) is 2.51. The van der Waals surface area contributed by atoms with Gasteiger partial charge in [0.1, 0.15) is 6.10 Å². The molecule has 1 aliphatic rings. The lowest BCUT2D eigenvalue weighted by molar-refractivity contribution is -0.124. The monoisotopic (exact) mass is 479 g/mol. The second kappa shape index (κ2) is 10.1. The molecule has 1 fully saturated rings. The number of benzene rings is 3. The van der Waals surface area contributed by atoms with Crippen molar-refractivity contribution in [2.45, 2.75) is 30.8 Å². The summed E-state index contributed by atoms with van der Waals surface area (Å²) in [5.41, 5.74) is 2.94. The maximum atomic E-state index is 12.6. The molecule has 1 heterocycles. The third-order valence-electron chi connectivity index (χ3n) is 5.36. The van der Waals surface area contributed by atoms with Crippen molar-refractivity contribution in [1.82, 2.24) is 0 Å². The number of hydrogen-bond acceptors (Lipinski definition) is 5. The Morgan fingerprint density at radius 3 is 2.00 bits per heavy atom. The maximum absolute atomic E-state index is 12.6. The van der Waals surface area contributed by atoms with E-state index < -0.39 is 16.1 Å². The largest absolute Gasteiger partial charge is 0.368 e. The molecule has 3 N–H and O–H groups in total. The number of rotatable bonds is 7. The van der Waals surface area contributed by atoms with Crippen molar-refractivity contribution in [3.63, 3.8) is 0 Å². The van der Waals surface area contributed by atoms with E-state index in [1.54, 1.807) is 36.4 Å². The van der Waals surface area contributed by atoms with Crippen LogP contribution < -0.4 is 15.4 Å². The number of ether oxygens (including phenoxy) is 1. The van der Waals surface area contributed by atoms with E-state index in [1.165, 1.54) is 24.3 Å². The molecule has 3 aromatic carbocycles. The molecular weight excluding hydrogens is 454 g/mol. The van der Waals surface area contributed by atoms with Gasteiger partial charge in [-0.05, 0) is 80.4 Å². The summed E-state index contributed by atoms with van der Waals surface area (Å²) in [5.74, 6) is -0.562. The topological polar surface area (TPSA) is 114 Å². The molecule has 9 heteroatoms. The molecule has 0 radical (unpaired) electrons. The zero-order valence-electron chi connectivity index (χ0n) is 18.6. The van der Waals surface area contributed by atoms with Crippen LogP contribution in [-0.2, 0) is 19.6 Å². The molecule has 1 atom stereocenters. The maximum Gasteiger partial charge on any atom is 0.261 e. The molecule has 1 aliphatic heterocycles. The Kier molecular flexibility index (Phi) is 6.95. The smallest absolute Gasteiger partial charge is 0.261 e. The highest BCUT2D eigenvalue weighted by molar-refractivity contribution is 7.92. The van der Waals surface area contributed by atoms with Crippen molar-refractivity contribution in [2.24, 2.45) is 0 Å². The average Bonchev–Trinajstić information content (AvgIpc) is 3.37. The standard InChI is InChI=1S/C25H25N3O5S/c1-17-4-8-21(9-5-17)28-34(31,32)22-14-6-18(7-15-22)24(29)26-19-10-12-20(13-11-19)27-25(30)23-3-2-16-33-23/h4-15,23,28H,2-3,16H2,1H3,(H,26,29)(H,27,30). The number of amides is 2. The second-order valence-corrected chi connectivity index (χ2v) is 9.70. The van der Waals surface area contributed by atoms with Gasteiger partial charge in [0.15, 0.2) is 0 Å². The van der Waals surface area contributed by atoms with Crippen LogP contribution in [0, 0.1) is 6.92 Å². The molecular formula is C25H25N3O5S. The molecule has 3 aromatic rings. The first kappa shape index (κ1) is 23.5. The van der Waals surface area contributed by atoms with Crippen LogP contribution in [0.5, 0.6) is 0 Å². The van der Waals surface area contributed by atoms with Crippen LogP contribution in [0.4, 0.5) is 17.1 Å². The highest BCUT2D eigenvalue weighted by atomic mass is 32.2. The summed E-state index contributed by atoms with van der Waals surface area (Å²) in [7, 11) is -3.77. The van der Waals surface area contributed by atoms with Gasteiger partial charge in [0.25, 0.3) is 21.8 Å². The van der Waals surface area contributed by atoms with Gasteiger partial charge in [0, 0.05) is 29.2 Å². The van der Waals surface area contributed by atoms with Crippen molar-refractivity contribution < 1.29 is 22.7 Å². The molecule has 0 aliphatic carbocycles. The summed E-state index contributed by atoms with van der Waals surface area (Å²) >= 11 is 0. The van der Waals surface area contributed by atoms with Gasteiger partial charge in [0.05, 0.1) is 4.90 Å². The number of anilines is 3. The predicted octanol–water partition coefficient (Wildman–Crippen LogP) is 4.17. The fraction of sp³-hybridized carbons (Fsp3) is 0.200. The molecule has 2 amide bonds. The van der Waals surface area contributed by atoms with E-state index in [2.05, 4.69) is 15.4 Å².